The number of rotatable bonds is 5. The molecule has 1 aromatic carbocycles. The molecule has 1 aliphatic heterocycles. The van der Waals surface area contributed by atoms with Gasteiger partial charge in [-0.15, -0.1) is 0 Å². The molecule has 0 aromatic heterocycles. The van der Waals surface area contributed by atoms with Crippen LogP contribution in [0.25, 0.3) is 0 Å². The molecule has 1 fully saturated rings. The quantitative estimate of drug-likeness (QED) is 0.905. The predicted octanol–water partition coefficient (Wildman–Crippen LogP) is 2.23. The number of likely N-dealkylation sites (N-methyl/N-ethyl adjacent to an activating group) is 1. The van der Waals surface area contributed by atoms with Gasteiger partial charge < -0.3 is 15.4 Å². The monoisotopic (exact) mass is 311 g/mol. The van der Waals surface area contributed by atoms with E-state index in [2.05, 4.69) is 30.8 Å². The Morgan fingerprint density at radius 1 is 1.43 bits per heavy atom. The Kier molecular flexibility index (Phi) is 5.49. The van der Waals surface area contributed by atoms with E-state index in [1.54, 1.807) is 7.11 Å². The molecule has 5 heteroatoms. The Morgan fingerprint density at radius 2 is 2.14 bits per heavy atom. The zero-order valence-electron chi connectivity index (χ0n) is 13.3. The number of nitrogens with zero attached hydrogens (tertiary/aromatic N) is 2. The first-order chi connectivity index (χ1) is 9.99. The average molecular weight is 312 g/mol. The van der Waals surface area contributed by atoms with Gasteiger partial charge in [-0.3, -0.25) is 4.90 Å². The normalized spacial score (nSPS) is 24.5. The van der Waals surface area contributed by atoms with Crippen molar-refractivity contribution in [1.29, 1.82) is 0 Å². The molecule has 0 amide bonds. The van der Waals surface area contributed by atoms with Gasteiger partial charge in [-0.2, -0.15) is 0 Å². The van der Waals surface area contributed by atoms with Crippen molar-refractivity contribution < 1.29 is 4.74 Å². The summed E-state index contributed by atoms with van der Waals surface area (Å²) in [6.45, 7) is 4.86. The Balaban J connectivity index is 2.29. The highest BCUT2D eigenvalue weighted by Crippen LogP contribution is 2.37. The Morgan fingerprint density at radius 3 is 2.67 bits per heavy atom. The molecule has 1 saturated heterocycles. The molecule has 0 spiro atoms. The molecule has 3 atom stereocenters. The van der Waals surface area contributed by atoms with E-state index in [1.165, 1.54) is 0 Å². The molecule has 1 heterocycles. The van der Waals surface area contributed by atoms with Crippen molar-refractivity contribution in [2.24, 2.45) is 11.7 Å². The van der Waals surface area contributed by atoms with Gasteiger partial charge in [0.15, 0.2) is 0 Å². The smallest absolute Gasteiger partial charge is 0.125 e. The second-order valence-corrected chi connectivity index (χ2v) is 6.48. The van der Waals surface area contributed by atoms with E-state index < -0.39 is 0 Å². The highest BCUT2D eigenvalue weighted by molar-refractivity contribution is 6.31. The maximum atomic E-state index is 6.42. The first-order valence-electron chi connectivity index (χ1n) is 7.42. The van der Waals surface area contributed by atoms with Gasteiger partial charge in [-0.05, 0) is 32.1 Å². The van der Waals surface area contributed by atoms with Crippen molar-refractivity contribution in [2.75, 3.05) is 40.8 Å². The van der Waals surface area contributed by atoms with E-state index in [9.17, 15) is 0 Å². The summed E-state index contributed by atoms with van der Waals surface area (Å²) in [6.07, 6.45) is 0. The standard InChI is InChI=1S/C16H26ClN3O/c1-11-9-20(10-14(11)19(2)3)13(8-18)16-12(17)6-5-7-15(16)21-4/h5-7,11,13-14H,8-10,18H2,1-4H3. The van der Waals surface area contributed by atoms with Crippen molar-refractivity contribution in [2.45, 2.75) is 19.0 Å². The predicted molar refractivity (Wildman–Crippen MR) is 88.0 cm³/mol. The van der Waals surface area contributed by atoms with Crippen molar-refractivity contribution in [3.05, 3.63) is 28.8 Å². The maximum absolute atomic E-state index is 6.42. The number of benzene rings is 1. The van der Waals surface area contributed by atoms with Crippen LogP contribution in [-0.2, 0) is 0 Å². The third-order valence-corrected chi connectivity index (χ3v) is 4.82. The van der Waals surface area contributed by atoms with E-state index in [-0.39, 0.29) is 6.04 Å². The number of halogens is 1. The molecule has 2 N–H and O–H groups in total. The summed E-state index contributed by atoms with van der Waals surface area (Å²) in [5, 5.41) is 0.728. The first kappa shape index (κ1) is 16.6. The van der Waals surface area contributed by atoms with Crippen LogP contribution in [0.4, 0.5) is 0 Å². The third kappa shape index (κ3) is 3.34. The van der Waals surface area contributed by atoms with Crippen LogP contribution < -0.4 is 10.5 Å². The minimum Gasteiger partial charge on any atom is -0.496 e. The number of hydrogen-bond acceptors (Lipinski definition) is 4. The molecule has 21 heavy (non-hydrogen) atoms. The Bertz CT molecular complexity index is 481. The van der Waals surface area contributed by atoms with Crippen LogP contribution >= 0.6 is 11.6 Å². The Labute approximate surface area is 132 Å². The largest absolute Gasteiger partial charge is 0.496 e. The number of hydrogen-bond donors (Lipinski definition) is 1. The Hall–Kier alpha value is -0.810. The highest BCUT2D eigenvalue weighted by atomic mass is 35.5. The lowest BCUT2D eigenvalue weighted by molar-refractivity contribution is 0.216. The summed E-state index contributed by atoms with van der Waals surface area (Å²) < 4.78 is 5.49. The van der Waals surface area contributed by atoms with Crippen molar-refractivity contribution in [3.63, 3.8) is 0 Å². The average Bonchev–Trinajstić information content (AvgIpc) is 2.83. The van der Waals surface area contributed by atoms with Crippen molar-refractivity contribution >= 4 is 11.6 Å². The molecule has 0 aliphatic carbocycles. The van der Waals surface area contributed by atoms with E-state index in [4.69, 9.17) is 22.1 Å². The van der Waals surface area contributed by atoms with E-state index in [0.29, 0.717) is 18.5 Å². The molecule has 118 valence electrons. The highest BCUT2D eigenvalue weighted by Gasteiger charge is 2.36. The van der Waals surface area contributed by atoms with Gasteiger partial charge in [-0.1, -0.05) is 24.6 Å². The first-order valence-corrected chi connectivity index (χ1v) is 7.80. The molecular formula is C16H26ClN3O. The number of nitrogens with two attached hydrogens (primary N) is 1. The van der Waals surface area contributed by atoms with Crippen molar-refractivity contribution in [1.82, 2.24) is 9.80 Å². The number of likely N-dealkylation sites (tertiary alicyclic amines) is 1. The van der Waals surface area contributed by atoms with Crippen LogP contribution in [0, 0.1) is 5.92 Å². The minimum absolute atomic E-state index is 0.0982. The van der Waals surface area contributed by atoms with Gasteiger partial charge in [0.05, 0.1) is 13.2 Å². The van der Waals surface area contributed by atoms with Gasteiger partial charge in [0.2, 0.25) is 0 Å². The number of methoxy groups -OCH3 is 1. The summed E-state index contributed by atoms with van der Waals surface area (Å²) >= 11 is 6.42. The lowest BCUT2D eigenvalue weighted by Gasteiger charge is -2.29. The molecule has 3 unspecified atom stereocenters. The zero-order chi connectivity index (χ0) is 15.6. The van der Waals surface area contributed by atoms with Gasteiger partial charge in [-0.25, -0.2) is 0 Å². The van der Waals surface area contributed by atoms with Crippen LogP contribution in [0.15, 0.2) is 18.2 Å². The molecule has 0 radical (unpaired) electrons. The summed E-state index contributed by atoms with van der Waals surface area (Å²) in [5.74, 6) is 1.43. The topological polar surface area (TPSA) is 41.7 Å². The molecule has 4 nitrogen and oxygen atoms in total. The van der Waals surface area contributed by atoms with E-state index in [0.717, 1.165) is 29.4 Å². The SMILES string of the molecule is COc1cccc(Cl)c1C(CN)N1CC(C)C(N(C)C)C1. The summed E-state index contributed by atoms with van der Waals surface area (Å²) in [6, 6.07) is 6.42. The molecule has 1 aliphatic rings. The molecular weight excluding hydrogens is 286 g/mol. The number of ether oxygens (including phenoxy) is 1. The fourth-order valence-corrected chi connectivity index (χ4v) is 3.67. The fourth-order valence-electron chi connectivity index (χ4n) is 3.38. The minimum atomic E-state index is 0.0982. The third-order valence-electron chi connectivity index (χ3n) is 4.49. The van der Waals surface area contributed by atoms with Gasteiger partial charge >= 0.3 is 0 Å². The van der Waals surface area contributed by atoms with Crippen LogP contribution in [0.5, 0.6) is 5.75 Å². The molecule has 0 saturated carbocycles. The van der Waals surface area contributed by atoms with E-state index >= 15 is 0 Å². The lowest BCUT2D eigenvalue weighted by Crippen LogP contribution is -2.37. The van der Waals surface area contributed by atoms with Gasteiger partial charge in [0.1, 0.15) is 5.75 Å². The van der Waals surface area contributed by atoms with Crippen LogP contribution in [0.2, 0.25) is 5.02 Å². The second kappa shape index (κ2) is 6.97. The van der Waals surface area contributed by atoms with Gasteiger partial charge in [0.25, 0.3) is 0 Å². The molecule has 1 aromatic rings. The van der Waals surface area contributed by atoms with Crippen LogP contribution in [-0.4, -0.2) is 56.7 Å². The molecule has 0 bridgehead atoms. The van der Waals surface area contributed by atoms with E-state index in [1.807, 2.05) is 18.2 Å². The van der Waals surface area contributed by atoms with Crippen molar-refractivity contribution in [3.8, 4) is 5.75 Å². The summed E-state index contributed by atoms with van der Waals surface area (Å²) in [5.41, 5.74) is 7.08. The van der Waals surface area contributed by atoms with Gasteiger partial charge in [0, 0.05) is 36.3 Å². The fraction of sp³-hybridized carbons (Fsp3) is 0.625. The van der Waals surface area contributed by atoms with Crippen LogP contribution in [0.1, 0.15) is 18.5 Å². The maximum Gasteiger partial charge on any atom is 0.125 e. The zero-order valence-corrected chi connectivity index (χ0v) is 14.1. The molecule has 2 rings (SSSR count). The second-order valence-electron chi connectivity index (χ2n) is 6.07. The lowest BCUT2D eigenvalue weighted by atomic mass is 10.0. The summed E-state index contributed by atoms with van der Waals surface area (Å²) in [4.78, 5) is 4.72. The van der Waals surface area contributed by atoms with Crippen LogP contribution in [0.3, 0.4) is 0 Å². The summed E-state index contributed by atoms with van der Waals surface area (Å²) in [7, 11) is 5.95.